The number of hydrogen-bond acceptors (Lipinski definition) is 3. The van der Waals surface area contributed by atoms with Crippen LogP contribution < -0.4 is 5.32 Å². The SMILES string of the molecule is O=C1CC[C@@H](C(=O)N2CC[C@H](O)C(F)(F)C2)N1. The average molecular weight is 248 g/mol. The first kappa shape index (κ1) is 12.2. The summed E-state index contributed by atoms with van der Waals surface area (Å²) in [5, 5.41) is 11.5. The first-order valence-electron chi connectivity index (χ1n) is 5.54. The summed E-state index contributed by atoms with van der Waals surface area (Å²) < 4.78 is 26.5. The summed E-state index contributed by atoms with van der Waals surface area (Å²) in [6, 6.07) is -0.687. The Morgan fingerprint density at radius 1 is 1.47 bits per heavy atom. The number of halogens is 2. The minimum atomic E-state index is -3.27. The van der Waals surface area contributed by atoms with Crippen molar-refractivity contribution in [1.82, 2.24) is 10.2 Å². The van der Waals surface area contributed by atoms with Gasteiger partial charge in [-0.2, -0.15) is 0 Å². The third-order valence-electron chi connectivity index (χ3n) is 3.17. The van der Waals surface area contributed by atoms with Crippen LogP contribution in [-0.4, -0.2) is 53.0 Å². The number of piperidine rings is 1. The number of carbonyl (C=O) groups is 2. The molecule has 0 spiro atoms. The Hall–Kier alpha value is -1.24. The van der Waals surface area contributed by atoms with E-state index in [9.17, 15) is 18.4 Å². The second-order valence-electron chi connectivity index (χ2n) is 4.48. The van der Waals surface area contributed by atoms with Gasteiger partial charge in [-0.05, 0) is 12.8 Å². The molecule has 17 heavy (non-hydrogen) atoms. The number of hydrogen-bond donors (Lipinski definition) is 2. The normalized spacial score (nSPS) is 32.4. The number of amides is 2. The number of carbonyl (C=O) groups excluding carboxylic acids is 2. The summed E-state index contributed by atoms with van der Waals surface area (Å²) in [6.07, 6.45) is -1.23. The van der Waals surface area contributed by atoms with E-state index in [0.717, 1.165) is 4.90 Å². The van der Waals surface area contributed by atoms with Gasteiger partial charge in [0.15, 0.2) is 0 Å². The lowest BCUT2D eigenvalue weighted by atomic mass is 10.0. The lowest BCUT2D eigenvalue weighted by Gasteiger charge is -2.36. The Bertz CT molecular complexity index is 348. The molecule has 0 radical (unpaired) electrons. The third kappa shape index (κ3) is 2.38. The Morgan fingerprint density at radius 3 is 2.71 bits per heavy atom. The van der Waals surface area contributed by atoms with Gasteiger partial charge in [0.25, 0.3) is 5.92 Å². The molecular formula is C10H14F2N2O3. The summed E-state index contributed by atoms with van der Waals surface area (Å²) in [6.45, 7) is -0.679. The minimum absolute atomic E-state index is 0.0992. The van der Waals surface area contributed by atoms with Gasteiger partial charge in [0, 0.05) is 13.0 Å². The molecule has 0 aromatic carbocycles. The predicted octanol–water partition coefficient (Wildman–Crippen LogP) is -0.507. The molecule has 2 aliphatic heterocycles. The topological polar surface area (TPSA) is 69.6 Å². The zero-order valence-electron chi connectivity index (χ0n) is 9.16. The van der Waals surface area contributed by atoms with Crippen molar-refractivity contribution >= 4 is 11.8 Å². The quantitative estimate of drug-likeness (QED) is 0.657. The van der Waals surface area contributed by atoms with Gasteiger partial charge in [-0.3, -0.25) is 9.59 Å². The maximum Gasteiger partial charge on any atom is 0.290 e. The summed E-state index contributed by atoms with van der Waals surface area (Å²) in [7, 11) is 0. The van der Waals surface area contributed by atoms with Crippen LogP contribution in [0.5, 0.6) is 0 Å². The van der Waals surface area contributed by atoms with Gasteiger partial charge >= 0.3 is 0 Å². The second kappa shape index (κ2) is 4.21. The molecule has 2 atom stereocenters. The number of aliphatic hydroxyl groups is 1. The Kier molecular flexibility index (Phi) is 3.03. The highest BCUT2D eigenvalue weighted by atomic mass is 19.3. The van der Waals surface area contributed by atoms with Gasteiger partial charge in [-0.1, -0.05) is 0 Å². The van der Waals surface area contributed by atoms with Gasteiger partial charge in [0.1, 0.15) is 12.1 Å². The predicted molar refractivity (Wildman–Crippen MR) is 53.3 cm³/mol. The van der Waals surface area contributed by atoms with Crippen molar-refractivity contribution in [2.45, 2.75) is 37.3 Å². The van der Waals surface area contributed by atoms with E-state index in [1.54, 1.807) is 0 Å². The van der Waals surface area contributed by atoms with Crippen molar-refractivity contribution in [1.29, 1.82) is 0 Å². The molecule has 0 aromatic heterocycles. The molecule has 0 unspecified atom stereocenters. The zero-order chi connectivity index (χ0) is 12.6. The summed E-state index contributed by atoms with van der Waals surface area (Å²) >= 11 is 0. The fourth-order valence-electron chi connectivity index (χ4n) is 2.14. The molecule has 2 heterocycles. The number of aliphatic hydroxyl groups excluding tert-OH is 1. The standard InChI is InChI=1S/C10H14F2N2O3/c11-10(12)5-14(4-3-7(10)15)9(17)6-1-2-8(16)13-6/h6-7,15H,1-5H2,(H,13,16)/t6-,7-/m0/s1. The van der Waals surface area contributed by atoms with Gasteiger partial charge in [-0.25, -0.2) is 8.78 Å². The molecule has 2 amide bonds. The Morgan fingerprint density at radius 2 is 2.18 bits per heavy atom. The number of likely N-dealkylation sites (tertiary alicyclic amines) is 1. The molecule has 2 aliphatic rings. The fraction of sp³-hybridized carbons (Fsp3) is 0.800. The maximum absolute atomic E-state index is 13.2. The second-order valence-corrected chi connectivity index (χ2v) is 4.48. The first-order valence-corrected chi connectivity index (χ1v) is 5.54. The zero-order valence-corrected chi connectivity index (χ0v) is 9.16. The molecule has 0 aliphatic carbocycles. The van der Waals surface area contributed by atoms with E-state index in [1.807, 2.05) is 0 Å². The van der Waals surface area contributed by atoms with E-state index in [1.165, 1.54) is 0 Å². The van der Waals surface area contributed by atoms with E-state index in [2.05, 4.69) is 5.32 Å². The van der Waals surface area contributed by atoms with E-state index in [0.29, 0.717) is 6.42 Å². The first-order chi connectivity index (χ1) is 7.90. The largest absolute Gasteiger partial charge is 0.387 e. The van der Waals surface area contributed by atoms with Crippen LogP contribution >= 0.6 is 0 Å². The number of nitrogens with one attached hydrogen (secondary N) is 1. The number of rotatable bonds is 1. The molecule has 2 fully saturated rings. The van der Waals surface area contributed by atoms with Crippen LogP contribution in [-0.2, 0) is 9.59 Å². The van der Waals surface area contributed by atoms with E-state index < -0.39 is 30.5 Å². The van der Waals surface area contributed by atoms with Gasteiger partial charge < -0.3 is 15.3 Å². The highest BCUT2D eigenvalue weighted by Gasteiger charge is 2.46. The third-order valence-corrected chi connectivity index (χ3v) is 3.17. The maximum atomic E-state index is 13.2. The highest BCUT2D eigenvalue weighted by Crippen LogP contribution is 2.28. The average Bonchev–Trinajstić information content (AvgIpc) is 2.68. The van der Waals surface area contributed by atoms with E-state index in [4.69, 9.17) is 5.11 Å². The van der Waals surface area contributed by atoms with Crippen LogP contribution in [0.4, 0.5) is 8.78 Å². The summed E-state index contributed by atoms with van der Waals surface area (Å²) in [5.74, 6) is -3.98. The highest BCUT2D eigenvalue weighted by molar-refractivity contribution is 5.90. The van der Waals surface area contributed by atoms with Crippen molar-refractivity contribution < 1.29 is 23.5 Å². The molecule has 5 nitrogen and oxygen atoms in total. The molecule has 2 saturated heterocycles. The van der Waals surface area contributed by atoms with Crippen molar-refractivity contribution in [3.8, 4) is 0 Å². The molecule has 2 N–H and O–H groups in total. The molecular weight excluding hydrogens is 234 g/mol. The van der Waals surface area contributed by atoms with Gasteiger partial charge in [-0.15, -0.1) is 0 Å². The Balaban J connectivity index is 1.99. The van der Waals surface area contributed by atoms with E-state index in [-0.39, 0.29) is 25.3 Å². The van der Waals surface area contributed by atoms with Crippen molar-refractivity contribution in [3.63, 3.8) is 0 Å². The van der Waals surface area contributed by atoms with Crippen LogP contribution in [0.25, 0.3) is 0 Å². The summed E-state index contributed by atoms with van der Waals surface area (Å²) in [5.41, 5.74) is 0. The van der Waals surface area contributed by atoms with Crippen LogP contribution in [0.2, 0.25) is 0 Å². The van der Waals surface area contributed by atoms with Crippen LogP contribution in [0.1, 0.15) is 19.3 Å². The fourth-order valence-corrected chi connectivity index (χ4v) is 2.14. The molecule has 2 rings (SSSR count). The minimum Gasteiger partial charge on any atom is -0.387 e. The Labute approximate surface area is 96.8 Å². The molecule has 0 aromatic rings. The number of nitrogens with zero attached hydrogens (tertiary/aromatic N) is 1. The lowest BCUT2D eigenvalue weighted by molar-refractivity contribution is -0.166. The summed E-state index contributed by atoms with van der Waals surface area (Å²) in [4.78, 5) is 23.8. The van der Waals surface area contributed by atoms with Crippen LogP contribution in [0, 0.1) is 0 Å². The number of alkyl halides is 2. The van der Waals surface area contributed by atoms with Crippen LogP contribution in [0.3, 0.4) is 0 Å². The van der Waals surface area contributed by atoms with Gasteiger partial charge in [0.05, 0.1) is 6.54 Å². The van der Waals surface area contributed by atoms with Crippen molar-refractivity contribution in [2.75, 3.05) is 13.1 Å². The lowest BCUT2D eigenvalue weighted by Crippen LogP contribution is -2.56. The molecule has 96 valence electrons. The van der Waals surface area contributed by atoms with Gasteiger partial charge in [0.2, 0.25) is 11.8 Å². The van der Waals surface area contributed by atoms with Crippen molar-refractivity contribution in [3.05, 3.63) is 0 Å². The molecule has 0 bridgehead atoms. The monoisotopic (exact) mass is 248 g/mol. The smallest absolute Gasteiger partial charge is 0.290 e. The van der Waals surface area contributed by atoms with Crippen LogP contribution in [0.15, 0.2) is 0 Å². The van der Waals surface area contributed by atoms with Crippen molar-refractivity contribution in [2.24, 2.45) is 0 Å². The van der Waals surface area contributed by atoms with E-state index >= 15 is 0 Å². The molecule has 0 saturated carbocycles. The molecule has 7 heteroatoms.